The van der Waals surface area contributed by atoms with Crippen LogP contribution in [0, 0.1) is 0 Å². The van der Waals surface area contributed by atoms with Crippen LogP contribution in [0.25, 0.3) is 22.3 Å². The average Bonchev–Trinajstić information content (AvgIpc) is 2.92. The fourth-order valence-electron chi connectivity index (χ4n) is 2.26. The average molecular weight is 298 g/mol. The molecule has 3 aromatic rings. The van der Waals surface area contributed by atoms with Crippen molar-refractivity contribution in [3.63, 3.8) is 0 Å². The number of rotatable bonds is 4. The van der Waals surface area contributed by atoms with Crippen LogP contribution < -0.4 is 15.8 Å². The Morgan fingerprint density at radius 3 is 2.77 bits per heavy atom. The van der Waals surface area contributed by atoms with Crippen LogP contribution in [-0.4, -0.2) is 33.1 Å². The SMILES string of the molecule is CNc1cc(-c2cc(OC(C)C)nc(N)n2)c2cc[nH]c2n1. The molecule has 0 saturated carbocycles. The van der Waals surface area contributed by atoms with Gasteiger partial charge in [0.2, 0.25) is 11.8 Å². The molecule has 22 heavy (non-hydrogen) atoms. The minimum atomic E-state index is 0.0136. The van der Waals surface area contributed by atoms with Gasteiger partial charge in [-0.05, 0) is 26.0 Å². The Kier molecular flexibility index (Phi) is 3.54. The Hall–Kier alpha value is -2.83. The van der Waals surface area contributed by atoms with E-state index in [9.17, 15) is 0 Å². The van der Waals surface area contributed by atoms with E-state index < -0.39 is 0 Å². The Labute approximate surface area is 128 Å². The highest BCUT2D eigenvalue weighted by molar-refractivity contribution is 5.94. The standard InChI is InChI=1S/C15H18N6O/c1-8(2)22-13-7-11(19-15(16)21-13)10-6-12(17-3)20-14-9(10)4-5-18-14/h4-8H,1-3H3,(H2,16,19,21)(H2,17,18,20). The number of nitrogen functional groups attached to an aromatic ring is 1. The van der Waals surface area contributed by atoms with E-state index in [4.69, 9.17) is 10.5 Å². The molecule has 0 unspecified atom stereocenters. The Bertz CT molecular complexity index is 811. The number of H-pyrrole nitrogens is 1. The lowest BCUT2D eigenvalue weighted by Crippen LogP contribution is -2.09. The number of nitrogens with zero attached hydrogens (tertiary/aromatic N) is 3. The maximum Gasteiger partial charge on any atom is 0.223 e. The molecule has 0 aliphatic heterocycles. The first-order valence-corrected chi connectivity index (χ1v) is 7.04. The number of nitrogens with one attached hydrogen (secondary N) is 2. The summed E-state index contributed by atoms with van der Waals surface area (Å²) in [5, 5.41) is 4.01. The monoisotopic (exact) mass is 298 g/mol. The van der Waals surface area contributed by atoms with Crippen molar-refractivity contribution in [2.24, 2.45) is 0 Å². The third-order valence-corrected chi connectivity index (χ3v) is 3.14. The number of ether oxygens (including phenoxy) is 1. The number of aromatic nitrogens is 4. The van der Waals surface area contributed by atoms with Gasteiger partial charge in [-0.2, -0.15) is 4.98 Å². The molecule has 114 valence electrons. The van der Waals surface area contributed by atoms with Gasteiger partial charge in [-0.15, -0.1) is 0 Å². The van der Waals surface area contributed by atoms with Crippen molar-refractivity contribution in [2.45, 2.75) is 20.0 Å². The lowest BCUT2D eigenvalue weighted by molar-refractivity contribution is 0.233. The molecular formula is C15H18N6O. The lowest BCUT2D eigenvalue weighted by atomic mass is 10.1. The molecule has 0 bridgehead atoms. The summed E-state index contributed by atoms with van der Waals surface area (Å²) in [6.07, 6.45) is 1.86. The molecule has 0 aliphatic carbocycles. The van der Waals surface area contributed by atoms with Crippen LogP contribution in [0.3, 0.4) is 0 Å². The number of aromatic amines is 1. The molecule has 0 aliphatic rings. The second-order valence-electron chi connectivity index (χ2n) is 5.16. The van der Waals surface area contributed by atoms with Crippen LogP contribution >= 0.6 is 0 Å². The highest BCUT2D eigenvalue weighted by atomic mass is 16.5. The van der Waals surface area contributed by atoms with Crippen LogP contribution in [0.5, 0.6) is 5.88 Å². The smallest absolute Gasteiger partial charge is 0.223 e. The van der Waals surface area contributed by atoms with Gasteiger partial charge in [0.1, 0.15) is 11.5 Å². The third-order valence-electron chi connectivity index (χ3n) is 3.14. The van der Waals surface area contributed by atoms with Gasteiger partial charge in [0.05, 0.1) is 11.8 Å². The number of fused-ring (bicyclic) bond motifs is 1. The molecular weight excluding hydrogens is 280 g/mol. The van der Waals surface area contributed by atoms with Gasteiger partial charge in [0, 0.05) is 30.3 Å². The Morgan fingerprint density at radius 1 is 1.23 bits per heavy atom. The van der Waals surface area contributed by atoms with Crippen LogP contribution in [-0.2, 0) is 0 Å². The topological polar surface area (TPSA) is 102 Å². The molecule has 0 atom stereocenters. The first kappa shape index (κ1) is 14.1. The first-order chi connectivity index (χ1) is 10.6. The van der Waals surface area contributed by atoms with Crippen molar-refractivity contribution >= 4 is 22.8 Å². The van der Waals surface area contributed by atoms with Crippen LogP contribution in [0.1, 0.15) is 13.8 Å². The third kappa shape index (κ3) is 2.65. The fourth-order valence-corrected chi connectivity index (χ4v) is 2.26. The molecule has 4 N–H and O–H groups in total. The van der Waals surface area contributed by atoms with E-state index in [0.717, 1.165) is 22.4 Å². The molecule has 7 nitrogen and oxygen atoms in total. The van der Waals surface area contributed by atoms with Crippen molar-refractivity contribution in [3.8, 4) is 17.1 Å². The number of hydrogen-bond acceptors (Lipinski definition) is 6. The Morgan fingerprint density at radius 2 is 2.05 bits per heavy atom. The van der Waals surface area contributed by atoms with Crippen molar-refractivity contribution in [3.05, 3.63) is 24.4 Å². The summed E-state index contributed by atoms with van der Waals surface area (Å²) >= 11 is 0. The Balaban J connectivity index is 2.18. The second-order valence-corrected chi connectivity index (χ2v) is 5.16. The number of nitrogens with two attached hydrogens (primary N) is 1. The summed E-state index contributed by atoms with van der Waals surface area (Å²) in [5.74, 6) is 1.39. The fraction of sp³-hybridized carbons (Fsp3) is 0.267. The van der Waals surface area contributed by atoms with Crippen molar-refractivity contribution in [2.75, 3.05) is 18.1 Å². The highest BCUT2D eigenvalue weighted by Gasteiger charge is 2.13. The van der Waals surface area contributed by atoms with Crippen LogP contribution in [0.4, 0.5) is 11.8 Å². The van der Waals surface area contributed by atoms with E-state index in [0.29, 0.717) is 11.6 Å². The zero-order chi connectivity index (χ0) is 15.7. The molecule has 3 aromatic heterocycles. The predicted molar refractivity (Wildman–Crippen MR) is 86.8 cm³/mol. The molecule has 0 saturated heterocycles. The summed E-state index contributed by atoms with van der Waals surface area (Å²) in [4.78, 5) is 16.0. The van der Waals surface area contributed by atoms with Gasteiger partial charge in [-0.1, -0.05) is 0 Å². The molecule has 0 aromatic carbocycles. The van der Waals surface area contributed by atoms with E-state index in [2.05, 4.69) is 25.3 Å². The van der Waals surface area contributed by atoms with Gasteiger partial charge in [0.25, 0.3) is 0 Å². The highest BCUT2D eigenvalue weighted by Crippen LogP contribution is 2.30. The number of pyridine rings is 1. The minimum Gasteiger partial charge on any atom is -0.475 e. The van der Waals surface area contributed by atoms with Gasteiger partial charge >= 0.3 is 0 Å². The van der Waals surface area contributed by atoms with Gasteiger partial charge in [0.15, 0.2) is 0 Å². The maximum absolute atomic E-state index is 5.82. The molecule has 0 spiro atoms. The molecule has 7 heteroatoms. The minimum absolute atomic E-state index is 0.0136. The predicted octanol–water partition coefficient (Wildman–Crippen LogP) is 2.43. The molecule has 3 heterocycles. The van der Waals surface area contributed by atoms with Crippen LogP contribution in [0.15, 0.2) is 24.4 Å². The van der Waals surface area contributed by atoms with E-state index in [1.165, 1.54) is 0 Å². The summed E-state index contributed by atoms with van der Waals surface area (Å²) < 4.78 is 5.64. The zero-order valence-electron chi connectivity index (χ0n) is 12.7. The van der Waals surface area contributed by atoms with Gasteiger partial charge in [-0.25, -0.2) is 9.97 Å². The summed E-state index contributed by atoms with van der Waals surface area (Å²) in [6.45, 7) is 3.88. The van der Waals surface area contributed by atoms with E-state index in [1.54, 1.807) is 6.07 Å². The summed E-state index contributed by atoms with van der Waals surface area (Å²) in [7, 11) is 1.82. The lowest BCUT2D eigenvalue weighted by Gasteiger charge is -2.11. The normalized spacial score (nSPS) is 11.1. The molecule has 3 rings (SSSR count). The van der Waals surface area contributed by atoms with Gasteiger partial charge in [-0.3, -0.25) is 0 Å². The van der Waals surface area contributed by atoms with Crippen molar-refractivity contribution in [1.29, 1.82) is 0 Å². The number of hydrogen-bond donors (Lipinski definition) is 3. The maximum atomic E-state index is 5.82. The quantitative estimate of drug-likeness (QED) is 0.683. The number of anilines is 2. The van der Waals surface area contributed by atoms with Gasteiger partial charge < -0.3 is 20.8 Å². The second kappa shape index (κ2) is 5.51. The first-order valence-electron chi connectivity index (χ1n) is 7.04. The van der Waals surface area contributed by atoms with E-state index in [-0.39, 0.29) is 12.1 Å². The van der Waals surface area contributed by atoms with Crippen LogP contribution in [0.2, 0.25) is 0 Å². The zero-order valence-corrected chi connectivity index (χ0v) is 12.7. The van der Waals surface area contributed by atoms with E-state index in [1.807, 2.05) is 39.2 Å². The molecule has 0 fully saturated rings. The summed E-state index contributed by atoms with van der Waals surface area (Å²) in [6, 6.07) is 5.67. The van der Waals surface area contributed by atoms with E-state index >= 15 is 0 Å². The summed E-state index contributed by atoms with van der Waals surface area (Å²) in [5.41, 5.74) is 8.22. The largest absolute Gasteiger partial charge is 0.475 e. The van der Waals surface area contributed by atoms with Crippen molar-refractivity contribution in [1.82, 2.24) is 19.9 Å². The molecule has 0 radical (unpaired) electrons. The molecule has 0 amide bonds. The van der Waals surface area contributed by atoms with Crippen molar-refractivity contribution < 1.29 is 4.74 Å².